The maximum atomic E-state index is 9.07. The molecule has 0 aromatic heterocycles. The van der Waals surface area contributed by atoms with Crippen LogP contribution in [0.2, 0.25) is 0 Å². The lowest BCUT2D eigenvalue weighted by molar-refractivity contribution is -0.660. The van der Waals surface area contributed by atoms with Gasteiger partial charge in [-0.25, -0.2) is 0 Å². The second-order valence-electron chi connectivity index (χ2n) is 5.37. The summed E-state index contributed by atoms with van der Waals surface area (Å²) in [4.78, 5) is 0. The average molecular weight is 276 g/mol. The van der Waals surface area contributed by atoms with E-state index in [-0.39, 0.29) is 0 Å². The molecule has 3 rings (SSSR count). The van der Waals surface area contributed by atoms with E-state index in [4.69, 9.17) is 5.26 Å². The van der Waals surface area contributed by atoms with E-state index in [1.54, 1.807) is 0 Å². The summed E-state index contributed by atoms with van der Waals surface area (Å²) < 4.78 is 2.19. The smallest absolute Gasteiger partial charge is 0.192 e. The Morgan fingerprint density at radius 1 is 1.14 bits per heavy atom. The Labute approximate surface area is 125 Å². The highest BCUT2D eigenvalue weighted by molar-refractivity contribution is 5.98. The maximum absolute atomic E-state index is 9.07. The van der Waals surface area contributed by atoms with Crippen LogP contribution in [-0.2, 0) is 0 Å². The SMILES string of the molecule is CN1C(c2ccccc2)CC(c2cccc(C#N)c2)=[N+]1C. The van der Waals surface area contributed by atoms with Crippen LogP contribution in [0.4, 0.5) is 0 Å². The fourth-order valence-electron chi connectivity index (χ4n) is 2.93. The van der Waals surface area contributed by atoms with E-state index in [1.807, 2.05) is 24.3 Å². The molecule has 0 radical (unpaired) electrons. The van der Waals surface area contributed by atoms with Crippen molar-refractivity contribution in [3.05, 3.63) is 71.3 Å². The number of hydrogen-bond acceptors (Lipinski definition) is 2. The molecule has 1 aliphatic rings. The minimum absolute atomic E-state index is 0.344. The summed E-state index contributed by atoms with van der Waals surface area (Å²) in [5.74, 6) is 0. The minimum Gasteiger partial charge on any atom is -0.192 e. The molecule has 1 heterocycles. The van der Waals surface area contributed by atoms with E-state index in [0.29, 0.717) is 11.6 Å². The predicted octanol–water partition coefficient (Wildman–Crippen LogP) is 2.98. The Morgan fingerprint density at radius 3 is 2.62 bits per heavy atom. The van der Waals surface area contributed by atoms with Gasteiger partial charge in [-0.1, -0.05) is 36.4 Å². The zero-order valence-corrected chi connectivity index (χ0v) is 12.3. The summed E-state index contributed by atoms with van der Waals surface area (Å²) in [6.07, 6.45) is 0.950. The number of nitriles is 1. The number of rotatable bonds is 2. The number of hydrazine groups is 1. The molecule has 0 amide bonds. The van der Waals surface area contributed by atoms with Crippen LogP contribution in [0.5, 0.6) is 0 Å². The predicted molar refractivity (Wildman–Crippen MR) is 83.0 cm³/mol. The molecule has 0 N–H and O–H groups in total. The molecule has 104 valence electrons. The molecule has 0 saturated carbocycles. The summed E-state index contributed by atoms with van der Waals surface area (Å²) in [7, 11) is 4.19. The van der Waals surface area contributed by atoms with Crippen molar-refractivity contribution < 1.29 is 4.68 Å². The Bertz CT molecular complexity index is 726. The van der Waals surface area contributed by atoms with Gasteiger partial charge in [0.05, 0.1) is 25.1 Å². The first kappa shape index (κ1) is 13.4. The molecule has 1 unspecified atom stereocenters. The molecular formula is C18H18N3+. The molecular weight excluding hydrogens is 258 g/mol. The first-order chi connectivity index (χ1) is 10.2. The highest BCUT2D eigenvalue weighted by Gasteiger charge is 2.36. The van der Waals surface area contributed by atoms with Crippen LogP contribution in [0.1, 0.15) is 29.2 Å². The Morgan fingerprint density at radius 2 is 1.90 bits per heavy atom. The lowest BCUT2D eigenvalue weighted by Gasteiger charge is -2.16. The van der Waals surface area contributed by atoms with Crippen molar-refractivity contribution in [1.29, 1.82) is 5.26 Å². The van der Waals surface area contributed by atoms with Gasteiger partial charge < -0.3 is 0 Å². The molecule has 2 aromatic rings. The standard InChI is InChI=1S/C18H18N3/c1-20-17(15-8-4-3-5-9-15)12-18(21(20)2)16-10-6-7-14(11-16)13-19/h3-11,17H,12H2,1-2H3/q+1. The Hall–Kier alpha value is -2.60. The maximum Gasteiger partial charge on any atom is 0.215 e. The monoisotopic (exact) mass is 276 g/mol. The second kappa shape index (κ2) is 5.41. The molecule has 2 aromatic carbocycles. The molecule has 3 heteroatoms. The van der Waals surface area contributed by atoms with Crippen molar-refractivity contribution in [2.45, 2.75) is 12.5 Å². The minimum atomic E-state index is 0.344. The molecule has 0 bridgehead atoms. The summed E-state index contributed by atoms with van der Waals surface area (Å²) in [5.41, 5.74) is 4.41. The van der Waals surface area contributed by atoms with Gasteiger partial charge in [-0.05, 0) is 23.8 Å². The number of hydrazone groups is 1. The van der Waals surface area contributed by atoms with Crippen LogP contribution in [0.3, 0.4) is 0 Å². The van der Waals surface area contributed by atoms with Crippen molar-refractivity contribution in [2.24, 2.45) is 0 Å². The summed E-state index contributed by atoms with van der Waals surface area (Å²) in [6.45, 7) is 0. The fourth-order valence-corrected chi connectivity index (χ4v) is 2.93. The molecule has 0 spiro atoms. The highest BCUT2D eigenvalue weighted by atomic mass is 15.6. The van der Waals surface area contributed by atoms with E-state index in [0.717, 1.165) is 12.0 Å². The van der Waals surface area contributed by atoms with Crippen LogP contribution in [0.25, 0.3) is 0 Å². The van der Waals surface area contributed by atoms with Crippen LogP contribution in [0.15, 0.2) is 54.6 Å². The second-order valence-corrected chi connectivity index (χ2v) is 5.37. The zero-order valence-electron chi connectivity index (χ0n) is 12.3. The highest BCUT2D eigenvalue weighted by Crippen LogP contribution is 2.30. The number of benzene rings is 2. The third-order valence-electron chi connectivity index (χ3n) is 4.21. The zero-order chi connectivity index (χ0) is 14.8. The largest absolute Gasteiger partial charge is 0.215 e. The third kappa shape index (κ3) is 2.41. The summed E-state index contributed by atoms with van der Waals surface area (Å²) in [6, 6.07) is 20.9. The van der Waals surface area contributed by atoms with E-state index >= 15 is 0 Å². The van der Waals surface area contributed by atoms with Crippen LogP contribution >= 0.6 is 0 Å². The molecule has 1 atom stereocenters. The number of hydrogen-bond donors (Lipinski definition) is 0. The van der Waals surface area contributed by atoms with Crippen molar-refractivity contribution in [1.82, 2.24) is 5.01 Å². The number of nitrogens with zero attached hydrogens (tertiary/aromatic N) is 3. The van der Waals surface area contributed by atoms with Gasteiger partial charge in [0.2, 0.25) is 5.71 Å². The molecule has 1 aliphatic heterocycles. The third-order valence-corrected chi connectivity index (χ3v) is 4.21. The first-order valence-corrected chi connectivity index (χ1v) is 7.08. The molecule has 0 saturated heterocycles. The van der Waals surface area contributed by atoms with Crippen LogP contribution in [-0.4, -0.2) is 29.5 Å². The van der Waals surface area contributed by atoms with Gasteiger partial charge in [-0.2, -0.15) is 10.3 Å². The topological polar surface area (TPSA) is 30.0 Å². The lowest BCUT2D eigenvalue weighted by atomic mass is 9.98. The molecule has 0 aliphatic carbocycles. The molecule has 3 nitrogen and oxygen atoms in total. The van der Waals surface area contributed by atoms with Crippen LogP contribution < -0.4 is 0 Å². The van der Waals surface area contributed by atoms with Gasteiger partial charge in [0.1, 0.15) is 6.04 Å². The van der Waals surface area contributed by atoms with Crippen molar-refractivity contribution >= 4 is 5.71 Å². The average Bonchev–Trinajstić information content (AvgIpc) is 2.84. The van der Waals surface area contributed by atoms with Crippen molar-refractivity contribution in [3.63, 3.8) is 0 Å². The van der Waals surface area contributed by atoms with Gasteiger partial charge in [-0.3, -0.25) is 0 Å². The summed E-state index contributed by atoms with van der Waals surface area (Å²) >= 11 is 0. The van der Waals surface area contributed by atoms with E-state index < -0.39 is 0 Å². The molecule has 21 heavy (non-hydrogen) atoms. The first-order valence-electron chi connectivity index (χ1n) is 7.08. The van der Waals surface area contributed by atoms with Gasteiger partial charge >= 0.3 is 0 Å². The normalized spacial score (nSPS) is 18.0. The van der Waals surface area contributed by atoms with Crippen molar-refractivity contribution in [2.75, 3.05) is 14.1 Å². The molecule has 0 fully saturated rings. The van der Waals surface area contributed by atoms with Crippen molar-refractivity contribution in [3.8, 4) is 6.07 Å². The Balaban J connectivity index is 1.96. The van der Waals surface area contributed by atoms with Gasteiger partial charge in [0.15, 0.2) is 7.05 Å². The van der Waals surface area contributed by atoms with Gasteiger partial charge in [0.25, 0.3) is 0 Å². The fraction of sp³-hybridized carbons (Fsp3) is 0.222. The summed E-state index contributed by atoms with van der Waals surface area (Å²) in [5, 5.41) is 11.3. The van der Waals surface area contributed by atoms with E-state index in [2.05, 4.69) is 60.2 Å². The van der Waals surface area contributed by atoms with Gasteiger partial charge in [0, 0.05) is 5.56 Å². The quantitative estimate of drug-likeness (QED) is 0.789. The van der Waals surface area contributed by atoms with Crippen LogP contribution in [0, 0.1) is 11.3 Å². The van der Waals surface area contributed by atoms with E-state index in [9.17, 15) is 0 Å². The van der Waals surface area contributed by atoms with E-state index in [1.165, 1.54) is 11.3 Å². The van der Waals surface area contributed by atoms with Gasteiger partial charge in [-0.15, -0.1) is 4.68 Å². The lowest BCUT2D eigenvalue weighted by Crippen LogP contribution is -2.27. The Kier molecular flexibility index (Phi) is 3.45.